The maximum absolute atomic E-state index is 12.5. The maximum atomic E-state index is 12.5. The minimum atomic E-state index is -4.72. The minimum absolute atomic E-state index is 0.256. The predicted octanol–water partition coefficient (Wildman–Crippen LogP) is 2.92. The number of alkyl halides is 6. The van der Waals surface area contributed by atoms with Crippen LogP contribution in [0.4, 0.5) is 32.0 Å². The SMILES string of the molecule is CN(CC(F)(F)F)C(=O)c1cc(C(F)(F)F)ccc1N. The standard InChI is InChI=1S/C11H10F6N2O/c1-19(5-10(12,13)14)9(20)7-4-6(11(15,16)17)2-3-8(7)18/h2-4H,5,18H2,1H3. The van der Waals surface area contributed by atoms with E-state index in [1.807, 2.05) is 0 Å². The Morgan fingerprint density at radius 3 is 2.20 bits per heavy atom. The molecule has 20 heavy (non-hydrogen) atoms. The molecule has 0 bridgehead atoms. The van der Waals surface area contributed by atoms with Crippen LogP contribution in [0.25, 0.3) is 0 Å². The molecule has 112 valence electrons. The van der Waals surface area contributed by atoms with E-state index in [0.29, 0.717) is 12.1 Å². The van der Waals surface area contributed by atoms with Crippen molar-refractivity contribution in [1.29, 1.82) is 0 Å². The maximum Gasteiger partial charge on any atom is 0.416 e. The van der Waals surface area contributed by atoms with Gasteiger partial charge >= 0.3 is 12.4 Å². The van der Waals surface area contributed by atoms with Crippen LogP contribution < -0.4 is 5.73 Å². The summed E-state index contributed by atoms with van der Waals surface area (Å²) in [6.07, 6.45) is -9.37. The molecule has 0 unspecified atom stereocenters. The molecule has 1 aromatic rings. The van der Waals surface area contributed by atoms with Gasteiger partial charge < -0.3 is 10.6 Å². The molecular weight excluding hydrogens is 290 g/mol. The third-order valence-corrected chi connectivity index (χ3v) is 2.37. The van der Waals surface area contributed by atoms with Crippen LogP contribution in [0.1, 0.15) is 15.9 Å². The number of carbonyl (C=O) groups is 1. The normalized spacial score (nSPS) is 12.3. The van der Waals surface area contributed by atoms with E-state index in [1.165, 1.54) is 0 Å². The Morgan fingerprint density at radius 1 is 1.20 bits per heavy atom. The van der Waals surface area contributed by atoms with Gasteiger partial charge in [0.05, 0.1) is 11.1 Å². The van der Waals surface area contributed by atoms with Crippen LogP contribution in [0, 0.1) is 0 Å². The zero-order valence-electron chi connectivity index (χ0n) is 10.1. The van der Waals surface area contributed by atoms with Gasteiger partial charge in [-0.1, -0.05) is 0 Å². The smallest absolute Gasteiger partial charge is 0.398 e. The van der Waals surface area contributed by atoms with Crippen molar-refractivity contribution in [3.8, 4) is 0 Å². The summed E-state index contributed by atoms with van der Waals surface area (Å²) in [6, 6.07) is 1.91. The Hall–Kier alpha value is -1.93. The molecule has 0 radical (unpaired) electrons. The molecule has 0 atom stereocenters. The first-order chi connectivity index (χ1) is 8.92. The van der Waals surface area contributed by atoms with E-state index in [-0.39, 0.29) is 10.6 Å². The number of amides is 1. The average Bonchev–Trinajstić information content (AvgIpc) is 2.24. The molecule has 1 aromatic carbocycles. The van der Waals surface area contributed by atoms with Crippen LogP contribution in [-0.4, -0.2) is 30.6 Å². The molecule has 0 fully saturated rings. The van der Waals surface area contributed by atoms with E-state index in [0.717, 1.165) is 13.1 Å². The van der Waals surface area contributed by atoms with Gasteiger partial charge in [0.2, 0.25) is 0 Å². The van der Waals surface area contributed by atoms with E-state index in [1.54, 1.807) is 0 Å². The first kappa shape index (κ1) is 16.1. The fraction of sp³-hybridized carbons (Fsp3) is 0.364. The monoisotopic (exact) mass is 300 g/mol. The molecule has 2 N–H and O–H groups in total. The van der Waals surface area contributed by atoms with Crippen molar-refractivity contribution in [3.63, 3.8) is 0 Å². The lowest BCUT2D eigenvalue weighted by molar-refractivity contribution is -0.139. The fourth-order valence-corrected chi connectivity index (χ4v) is 1.46. The van der Waals surface area contributed by atoms with Crippen LogP contribution in [0.15, 0.2) is 18.2 Å². The molecule has 0 saturated carbocycles. The number of rotatable bonds is 2. The molecular formula is C11H10F6N2O. The highest BCUT2D eigenvalue weighted by Gasteiger charge is 2.34. The molecule has 1 rings (SSSR count). The lowest BCUT2D eigenvalue weighted by Gasteiger charge is -2.20. The second-order valence-corrected chi connectivity index (χ2v) is 4.08. The number of nitrogen functional groups attached to an aromatic ring is 1. The highest BCUT2D eigenvalue weighted by molar-refractivity contribution is 5.99. The van der Waals surface area contributed by atoms with E-state index in [4.69, 9.17) is 5.73 Å². The Labute approximate surface area is 110 Å². The summed E-state index contributed by atoms with van der Waals surface area (Å²) in [5.41, 5.74) is 3.24. The summed E-state index contributed by atoms with van der Waals surface area (Å²) >= 11 is 0. The summed E-state index contributed by atoms with van der Waals surface area (Å²) in [6.45, 7) is -1.58. The quantitative estimate of drug-likeness (QED) is 0.674. The molecule has 0 saturated heterocycles. The van der Waals surface area contributed by atoms with Gasteiger partial charge in [-0.3, -0.25) is 4.79 Å². The Bertz CT molecular complexity index is 509. The van der Waals surface area contributed by atoms with Crippen molar-refractivity contribution in [2.75, 3.05) is 19.3 Å². The van der Waals surface area contributed by atoms with Crippen LogP contribution in [0.5, 0.6) is 0 Å². The van der Waals surface area contributed by atoms with Crippen molar-refractivity contribution in [2.45, 2.75) is 12.4 Å². The van der Waals surface area contributed by atoms with Gasteiger partial charge in [0.1, 0.15) is 6.54 Å². The number of nitrogens with zero attached hydrogens (tertiary/aromatic N) is 1. The van der Waals surface area contributed by atoms with Crippen LogP contribution >= 0.6 is 0 Å². The fourth-order valence-electron chi connectivity index (χ4n) is 1.46. The van der Waals surface area contributed by atoms with Crippen LogP contribution in [0.2, 0.25) is 0 Å². The number of nitrogens with two attached hydrogens (primary N) is 1. The number of hydrogen-bond donors (Lipinski definition) is 1. The van der Waals surface area contributed by atoms with Gasteiger partial charge in [-0.15, -0.1) is 0 Å². The van der Waals surface area contributed by atoms with Gasteiger partial charge in [-0.25, -0.2) is 0 Å². The molecule has 0 aromatic heterocycles. The molecule has 0 aliphatic carbocycles. The van der Waals surface area contributed by atoms with Crippen LogP contribution in [-0.2, 0) is 6.18 Å². The van der Waals surface area contributed by atoms with Gasteiger partial charge in [0.25, 0.3) is 5.91 Å². The zero-order valence-corrected chi connectivity index (χ0v) is 10.1. The van der Waals surface area contributed by atoms with Crippen molar-refractivity contribution in [3.05, 3.63) is 29.3 Å². The summed E-state index contributed by atoms with van der Waals surface area (Å²) in [5, 5.41) is 0. The van der Waals surface area contributed by atoms with Crippen LogP contribution in [0.3, 0.4) is 0 Å². The van der Waals surface area contributed by atoms with Gasteiger partial charge in [0, 0.05) is 12.7 Å². The topological polar surface area (TPSA) is 46.3 Å². The Morgan fingerprint density at radius 2 is 1.75 bits per heavy atom. The summed E-state index contributed by atoms with van der Waals surface area (Å²) in [7, 11) is 0.829. The summed E-state index contributed by atoms with van der Waals surface area (Å²) in [5.74, 6) is -1.23. The molecule has 0 aliphatic rings. The zero-order chi connectivity index (χ0) is 15.7. The molecule has 9 heteroatoms. The molecule has 0 aliphatic heterocycles. The number of hydrogen-bond acceptors (Lipinski definition) is 2. The van der Waals surface area contributed by atoms with E-state index < -0.39 is 35.9 Å². The van der Waals surface area contributed by atoms with E-state index in [9.17, 15) is 31.1 Å². The van der Waals surface area contributed by atoms with Gasteiger partial charge in [-0.05, 0) is 18.2 Å². The third kappa shape index (κ3) is 4.04. The molecule has 0 heterocycles. The number of halogens is 6. The van der Waals surface area contributed by atoms with E-state index >= 15 is 0 Å². The minimum Gasteiger partial charge on any atom is -0.398 e. The summed E-state index contributed by atoms with van der Waals surface area (Å²) < 4.78 is 73.9. The second-order valence-electron chi connectivity index (χ2n) is 4.08. The largest absolute Gasteiger partial charge is 0.416 e. The number of anilines is 1. The molecule has 0 spiro atoms. The summed E-state index contributed by atoms with van der Waals surface area (Å²) in [4.78, 5) is 12.0. The van der Waals surface area contributed by atoms with Crippen molar-refractivity contribution in [2.24, 2.45) is 0 Å². The third-order valence-electron chi connectivity index (χ3n) is 2.37. The Balaban J connectivity index is 3.10. The predicted molar refractivity (Wildman–Crippen MR) is 58.9 cm³/mol. The number of benzene rings is 1. The first-order valence-corrected chi connectivity index (χ1v) is 5.21. The lowest BCUT2D eigenvalue weighted by atomic mass is 10.1. The van der Waals surface area contributed by atoms with Crippen molar-refractivity contribution >= 4 is 11.6 Å². The first-order valence-electron chi connectivity index (χ1n) is 5.21. The second kappa shape index (κ2) is 5.22. The van der Waals surface area contributed by atoms with Gasteiger partial charge in [-0.2, -0.15) is 26.3 Å². The highest BCUT2D eigenvalue weighted by Crippen LogP contribution is 2.31. The lowest BCUT2D eigenvalue weighted by Crippen LogP contribution is -2.36. The average molecular weight is 300 g/mol. The van der Waals surface area contributed by atoms with E-state index in [2.05, 4.69) is 0 Å². The Kier molecular flexibility index (Phi) is 4.21. The molecule has 1 amide bonds. The highest BCUT2D eigenvalue weighted by atomic mass is 19.4. The number of carbonyl (C=O) groups excluding carboxylic acids is 1. The van der Waals surface area contributed by atoms with Crippen molar-refractivity contribution in [1.82, 2.24) is 4.90 Å². The van der Waals surface area contributed by atoms with Crippen molar-refractivity contribution < 1.29 is 31.1 Å². The van der Waals surface area contributed by atoms with Gasteiger partial charge in [0.15, 0.2) is 0 Å². The molecule has 3 nitrogen and oxygen atoms in total.